The molecule has 2 aliphatic heterocycles. The van der Waals surface area contributed by atoms with Gasteiger partial charge in [0.2, 0.25) is 0 Å². The zero-order valence-electron chi connectivity index (χ0n) is 14.8. The van der Waals surface area contributed by atoms with Gasteiger partial charge in [0.25, 0.3) is 11.5 Å². The van der Waals surface area contributed by atoms with Crippen molar-refractivity contribution < 1.29 is 9.53 Å². The standard InChI is InChI=1S/C21H19N3O3/c25-20-18(10-7-13-4-1-2-5-16(13)23-20)27-14-8-9-17-15(12-14)21(26)24-11-3-6-19(24)22-17/h1-2,4-5,8-9,12,18H,3,6-7,10-11H2,(H,23,25)/t18-/m1/s1. The molecule has 0 bridgehead atoms. The largest absolute Gasteiger partial charge is 0.481 e. The van der Waals surface area contributed by atoms with Gasteiger partial charge in [-0.15, -0.1) is 0 Å². The normalized spacial score (nSPS) is 18.5. The third-order valence-corrected chi connectivity index (χ3v) is 5.31. The van der Waals surface area contributed by atoms with E-state index >= 15 is 0 Å². The molecule has 0 aliphatic carbocycles. The number of amides is 1. The van der Waals surface area contributed by atoms with E-state index in [0.29, 0.717) is 29.6 Å². The van der Waals surface area contributed by atoms with Crippen LogP contribution in [0.15, 0.2) is 47.3 Å². The minimum atomic E-state index is -0.597. The van der Waals surface area contributed by atoms with Crippen molar-refractivity contribution in [2.24, 2.45) is 0 Å². The molecule has 0 fully saturated rings. The van der Waals surface area contributed by atoms with Gasteiger partial charge in [0.05, 0.1) is 10.9 Å². The van der Waals surface area contributed by atoms with Crippen molar-refractivity contribution in [3.63, 3.8) is 0 Å². The van der Waals surface area contributed by atoms with Gasteiger partial charge in [-0.05, 0) is 49.1 Å². The van der Waals surface area contributed by atoms with Crippen LogP contribution in [0.5, 0.6) is 5.75 Å². The minimum Gasteiger partial charge on any atom is -0.481 e. The van der Waals surface area contributed by atoms with Crippen LogP contribution in [0.4, 0.5) is 5.69 Å². The first-order valence-corrected chi connectivity index (χ1v) is 9.28. The van der Waals surface area contributed by atoms with Crippen LogP contribution in [-0.2, 0) is 24.2 Å². The first kappa shape index (κ1) is 16.1. The molecule has 27 heavy (non-hydrogen) atoms. The summed E-state index contributed by atoms with van der Waals surface area (Å²) in [6.07, 6.45) is 2.53. The molecule has 2 aliphatic rings. The van der Waals surface area contributed by atoms with Gasteiger partial charge < -0.3 is 10.1 Å². The average molecular weight is 361 g/mol. The molecule has 1 amide bonds. The smallest absolute Gasteiger partial charge is 0.265 e. The summed E-state index contributed by atoms with van der Waals surface area (Å²) in [5.74, 6) is 1.21. The molecule has 0 spiro atoms. The molecular formula is C21H19N3O3. The van der Waals surface area contributed by atoms with E-state index in [4.69, 9.17) is 4.74 Å². The van der Waals surface area contributed by atoms with E-state index in [1.807, 2.05) is 24.3 Å². The highest BCUT2D eigenvalue weighted by Crippen LogP contribution is 2.25. The number of carbonyl (C=O) groups is 1. The van der Waals surface area contributed by atoms with Gasteiger partial charge >= 0.3 is 0 Å². The summed E-state index contributed by atoms with van der Waals surface area (Å²) in [6.45, 7) is 0.714. The molecule has 1 aromatic heterocycles. The Morgan fingerprint density at radius 3 is 2.93 bits per heavy atom. The number of nitrogens with zero attached hydrogens (tertiary/aromatic N) is 2. The second-order valence-electron chi connectivity index (χ2n) is 7.06. The minimum absolute atomic E-state index is 0.0318. The molecule has 1 N–H and O–H groups in total. The second-order valence-corrected chi connectivity index (χ2v) is 7.06. The predicted octanol–water partition coefficient (Wildman–Crippen LogP) is 2.68. The number of hydrogen-bond donors (Lipinski definition) is 1. The Morgan fingerprint density at radius 1 is 1.11 bits per heavy atom. The molecule has 0 radical (unpaired) electrons. The number of aryl methyl sites for hydroxylation is 2. The maximum absolute atomic E-state index is 12.7. The molecule has 3 heterocycles. The Balaban J connectivity index is 1.45. The average Bonchev–Trinajstić information content (AvgIpc) is 3.09. The Bertz CT molecular complexity index is 1120. The highest BCUT2D eigenvalue weighted by atomic mass is 16.5. The number of nitrogens with one attached hydrogen (secondary N) is 1. The molecule has 136 valence electrons. The zero-order chi connectivity index (χ0) is 18.4. The van der Waals surface area contributed by atoms with Crippen molar-refractivity contribution in [3.05, 3.63) is 64.2 Å². The molecule has 5 rings (SSSR count). The summed E-state index contributed by atoms with van der Waals surface area (Å²) in [6, 6.07) is 13.1. The van der Waals surface area contributed by atoms with Gasteiger partial charge in [-0.25, -0.2) is 4.98 Å². The highest BCUT2D eigenvalue weighted by molar-refractivity contribution is 5.96. The maximum atomic E-state index is 12.7. The van der Waals surface area contributed by atoms with Crippen molar-refractivity contribution >= 4 is 22.5 Å². The summed E-state index contributed by atoms with van der Waals surface area (Å²) in [5.41, 5.74) is 2.59. The van der Waals surface area contributed by atoms with Gasteiger partial charge in [0.1, 0.15) is 11.6 Å². The van der Waals surface area contributed by atoms with Gasteiger partial charge in [-0.3, -0.25) is 14.2 Å². The SMILES string of the molecule is O=C1Nc2ccccc2CC[C@H]1Oc1ccc2nc3n(c(=O)c2c1)CCC3. The van der Waals surface area contributed by atoms with Crippen LogP contribution >= 0.6 is 0 Å². The van der Waals surface area contributed by atoms with Crippen LogP contribution < -0.4 is 15.6 Å². The van der Waals surface area contributed by atoms with Gasteiger partial charge in [0, 0.05) is 18.7 Å². The van der Waals surface area contributed by atoms with Crippen molar-refractivity contribution in [2.45, 2.75) is 38.3 Å². The number of benzene rings is 2. The Morgan fingerprint density at radius 2 is 2.00 bits per heavy atom. The van der Waals surface area contributed by atoms with Gasteiger partial charge in [-0.1, -0.05) is 18.2 Å². The fourth-order valence-electron chi connectivity index (χ4n) is 3.90. The second kappa shape index (κ2) is 6.23. The number of ether oxygens (including phenoxy) is 1. The molecule has 2 aromatic carbocycles. The molecule has 6 heteroatoms. The number of anilines is 1. The first-order valence-electron chi connectivity index (χ1n) is 9.28. The Kier molecular flexibility index (Phi) is 3.70. The van der Waals surface area contributed by atoms with E-state index in [1.54, 1.807) is 22.8 Å². The summed E-state index contributed by atoms with van der Waals surface area (Å²) >= 11 is 0. The molecular weight excluding hydrogens is 342 g/mol. The third kappa shape index (κ3) is 2.77. The van der Waals surface area contributed by atoms with E-state index < -0.39 is 6.10 Å². The lowest BCUT2D eigenvalue weighted by molar-refractivity contribution is -0.122. The maximum Gasteiger partial charge on any atom is 0.265 e. The van der Waals surface area contributed by atoms with Gasteiger partial charge in [0.15, 0.2) is 6.10 Å². The molecule has 0 unspecified atom stereocenters. The van der Waals surface area contributed by atoms with E-state index in [2.05, 4.69) is 10.3 Å². The fourth-order valence-corrected chi connectivity index (χ4v) is 3.90. The van der Waals surface area contributed by atoms with Crippen LogP contribution in [-0.4, -0.2) is 21.6 Å². The number of carbonyl (C=O) groups excluding carboxylic acids is 1. The summed E-state index contributed by atoms with van der Waals surface area (Å²) < 4.78 is 7.71. The summed E-state index contributed by atoms with van der Waals surface area (Å²) in [7, 11) is 0. The quantitative estimate of drug-likeness (QED) is 0.762. The number of rotatable bonds is 2. The zero-order valence-corrected chi connectivity index (χ0v) is 14.8. The lowest BCUT2D eigenvalue weighted by atomic mass is 10.1. The monoisotopic (exact) mass is 361 g/mol. The summed E-state index contributed by atoms with van der Waals surface area (Å²) in [4.78, 5) is 29.9. The highest BCUT2D eigenvalue weighted by Gasteiger charge is 2.25. The third-order valence-electron chi connectivity index (χ3n) is 5.31. The van der Waals surface area contributed by atoms with Gasteiger partial charge in [-0.2, -0.15) is 0 Å². The Hall–Kier alpha value is -3.15. The van der Waals surface area contributed by atoms with Crippen LogP contribution in [0.1, 0.15) is 24.2 Å². The van der Waals surface area contributed by atoms with Crippen molar-refractivity contribution in [1.82, 2.24) is 9.55 Å². The molecule has 1 atom stereocenters. The van der Waals surface area contributed by atoms with Crippen molar-refractivity contribution in [1.29, 1.82) is 0 Å². The number of hydrogen-bond acceptors (Lipinski definition) is 4. The van der Waals surface area contributed by atoms with E-state index in [-0.39, 0.29) is 11.5 Å². The van der Waals surface area contributed by atoms with Crippen molar-refractivity contribution in [2.75, 3.05) is 5.32 Å². The molecule has 0 saturated carbocycles. The van der Waals surface area contributed by atoms with Crippen LogP contribution in [0.2, 0.25) is 0 Å². The fraction of sp³-hybridized carbons (Fsp3) is 0.286. The van der Waals surface area contributed by atoms with E-state index in [0.717, 1.165) is 36.3 Å². The summed E-state index contributed by atoms with van der Waals surface area (Å²) in [5, 5.41) is 3.47. The van der Waals surface area contributed by atoms with E-state index in [9.17, 15) is 9.59 Å². The predicted molar refractivity (Wildman–Crippen MR) is 102 cm³/mol. The van der Waals surface area contributed by atoms with E-state index in [1.165, 1.54) is 0 Å². The molecule has 0 saturated heterocycles. The lowest BCUT2D eigenvalue weighted by Crippen LogP contribution is -2.31. The molecule has 6 nitrogen and oxygen atoms in total. The molecule has 3 aromatic rings. The number of aromatic nitrogens is 2. The first-order chi connectivity index (χ1) is 13.2. The van der Waals surface area contributed by atoms with Crippen LogP contribution in [0.3, 0.4) is 0 Å². The Labute approximate surface area is 155 Å². The van der Waals surface area contributed by atoms with Crippen molar-refractivity contribution in [3.8, 4) is 5.75 Å². The lowest BCUT2D eigenvalue weighted by Gasteiger charge is -2.16. The number of para-hydroxylation sites is 1. The van der Waals surface area contributed by atoms with Crippen LogP contribution in [0.25, 0.3) is 10.9 Å². The number of fused-ring (bicyclic) bond motifs is 3. The van der Waals surface area contributed by atoms with Crippen LogP contribution in [0, 0.1) is 0 Å². The topological polar surface area (TPSA) is 73.2 Å².